The van der Waals surface area contributed by atoms with Crippen molar-refractivity contribution in [2.45, 2.75) is 10.6 Å². The number of nitrogen functional groups attached to an aromatic ring is 1. The van der Waals surface area contributed by atoms with Crippen molar-refractivity contribution in [2.75, 3.05) is 25.4 Å². The summed E-state index contributed by atoms with van der Waals surface area (Å²) >= 11 is 1.07. The van der Waals surface area contributed by atoms with E-state index in [0.29, 0.717) is 25.2 Å². The van der Waals surface area contributed by atoms with Gasteiger partial charge in [0.15, 0.2) is 0 Å². The number of hydrogen-bond acceptors (Lipinski definition) is 5. The van der Waals surface area contributed by atoms with Crippen molar-refractivity contribution in [3.05, 3.63) is 11.4 Å². The maximum atomic E-state index is 12.2. The van der Waals surface area contributed by atoms with Crippen LogP contribution in [0.1, 0.15) is 6.42 Å². The maximum Gasteiger partial charge on any atom is 0.253 e. The molecule has 0 aliphatic carbocycles. The van der Waals surface area contributed by atoms with Crippen LogP contribution in [0.5, 0.6) is 0 Å². The van der Waals surface area contributed by atoms with E-state index in [1.54, 1.807) is 5.38 Å². The monoisotopic (exact) mass is 275 g/mol. The number of carbonyl (C=O) groups is 1. The zero-order chi connectivity index (χ0) is 12.5. The Morgan fingerprint density at radius 3 is 2.88 bits per heavy atom. The zero-order valence-corrected chi connectivity index (χ0v) is 10.7. The first-order chi connectivity index (χ1) is 8.00. The molecule has 8 heteroatoms. The quantitative estimate of drug-likeness (QED) is 0.784. The molecule has 1 saturated heterocycles. The van der Waals surface area contributed by atoms with E-state index in [1.165, 1.54) is 10.4 Å². The Morgan fingerprint density at radius 1 is 1.47 bits per heavy atom. The van der Waals surface area contributed by atoms with Gasteiger partial charge < -0.3 is 11.1 Å². The second kappa shape index (κ2) is 4.63. The molecule has 0 saturated carbocycles. The highest BCUT2D eigenvalue weighted by Gasteiger charge is 2.28. The number of amides is 1. The summed E-state index contributed by atoms with van der Waals surface area (Å²) in [4.78, 5) is 11.3. The Labute approximate surface area is 103 Å². The number of thiophene rings is 1. The Morgan fingerprint density at radius 2 is 2.24 bits per heavy atom. The Bertz CT molecular complexity index is 523. The van der Waals surface area contributed by atoms with E-state index in [1.807, 2.05) is 0 Å². The number of carbonyl (C=O) groups excluding carboxylic acids is 1. The second-order valence-electron chi connectivity index (χ2n) is 3.74. The van der Waals surface area contributed by atoms with E-state index in [0.717, 1.165) is 11.3 Å². The molecular weight excluding hydrogens is 262 g/mol. The summed E-state index contributed by atoms with van der Waals surface area (Å²) in [7, 11) is -3.59. The molecule has 1 aromatic rings. The standard InChI is InChI=1S/C9H13N3O3S2/c10-7-4-9(16-6-7)17(14,15)12-3-1-2-11-8(13)5-12/h4,6H,1-3,5,10H2,(H,11,13). The van der Waals surface area contributed by atoms with Crippen molar-refractivity contribution in [3.63, 3.8) is 0 Å². The first kappa shape index (κ1) is 12.3. The summed E-state index contributed by atoms with van der Waals surface area (Å²) in [6, 6.07) is 1.42. The van der Waals surface area contributed by atoms with Gasteiger partial charge in [0.05, 0.1) is 6.54 Å². The smallest absolute Gasteiger partial charge is 0.253 e. The van der Waals surface area contributed by atoms with Crippen LogP contribution < -0.4 is 11.1 Å². The van der Waals surface area contributed by atoms with Crippen LogP contribution in [0.3, 0.4) is 0 Å². The molecule has 1 amide bonds. The van der Waals surface area contributed by atoms with Crippen LogP contribution >= 0.6 is 11.3 Å². The van der Waals surface area contributed by atoms with Crippen LogP contribution in [0.15, 0.2) is 15.7 Å². The minimum absolute atomic E-state index is 0.125. The van der Waals surface area contributed by atoms with Crippen LogP contribution in [0.25, 0.3) is 0 Å². The van der Waals surface area contributed by atoms with Crippen molar-refractivity contribution in [3.8, 4) is 0 Å². The number of anilines is 1. The molecule has 0 radical (unpaired) electrons. The average Bonchev–Trinajstić information content (AvgIpc) is 2.57. The maximum absolute atomic E-state index is 12.2. The molecule has 0 bridgehead atoms. The van der Waals surface area contributed by atoms with Gasteiger partial charge in [0.25, 0.3) is 10.0 Å². The van der Waals surface area contributed by atoms with Crippen molar-refractivity contribution in [1.82, 2.24) is 9.62 Å². The molecule has 2 heterocycles. The predicted molar refractivity (Wildman–Crippen MR) is 65.1 cm³/mol. The van der Waals surface area contributed by atoms with Gasteiger partial charge in [-0.3, -0.25) is 4.79 Å². The van der Waals surface area contributed by atoms with Gasteiger partial charge >= 0.3 is 0 Å². The van der Waals surface area contributed by atoms with Crippen molar-refractivity contribution in [1.29, 1.82) is 0 Å². The third-order valence-corrected chi connectivity index (χ3v) is 5.69. The van der Waals surface area contributed by atoms with Crippen LogP contribution in [-0.4, -0.2) is 38.3 Å². The van der Waals surface area contributed by atoms with E-state index >= 15 is 0 Å². The summed E-state index contributed by atoms with van der Waals surface area (Å²) in [5.41, 5.74) is 5.94. The lowest BCUT2D eigenvalue weighted by Crippen LogP contribution is -2.37. The summed E-state index contributed by atoms with van der Waals surface area (Å²) < 4.78 is 25.8. The van der Waals surface area contributed by atoms with Crippen LogP contribution in [0, 0.1) is 0 Å². The summed E-state index contributed by atoms with van der Waals surface area (Å²) in [6.45, 7) is 0.733. The van der Waals surface area contributed by atoms with Gasteiger partial charge in [-0.1, -0.05) is 0 Å². The third kappa shape index (κ3) is 2.59. The van der Waals surface area contributed by atoms with E-state index in [-0.39, 0.29) is 16.7 Å². The van der Waals surface area contributed by atoms with Crippen LogP contribution in [0.2, 0.25) is 0 Å². The highest BCUT2D eigenvalue weighted by atomic mass is 32.2. The van der Waals surface area contributed by atoms with Gasteiger partial charge in [-0.2, -0.15) is 4.31 Å². The zero-order valence-electron chi connectivity index (χ0n) is 9.05. The second-order valence-corrected chi connectivity index (χ2v) is 6.82. The lowest BCUT2D eigenvalue weighted by Gasteiger charge is -2.17. The van der Waals surface area contributed by atoms with E-state index < -0.39 is 10.0 Å². The molecule has 1 aromatic heterocycles. The lowest BCUT2D eigenvalue weighted by atomic mass is 10.4. The first-order valence-corrected chi connectivity index (χ1v) is 7.43. The van der Waals surface area contributed by atoms with Gasteiger partial charge in [0.1, 0.15) is 4.21 Å². The normalized spacial score (nSPS) is 18.7. The molecule has 2 rings (SSSR count). The van der Waals surface area contributed by atoms with Gasteiger partial charge in [-0.25, -0.2) is 8.42 Å². The topological polar surface area (TPSA) is 92.5 Å². The summed E-state index contributed by atoms with van der Waals surface area (Å²) in [5.74, 6) is -0.268. The molecule has 94 valence electrons. The van der Waals surface area contributed by atoms with E-state index in [9.17, 15) is 13.2 Å². The highest BCUT2D eigenvalue weighted by molar-refractivity contribution is 7.91. The van der Waals surface area contributed by atoms with E-state index in [4.69, 9.17) is 5.73 Å². The van der Waals surface area contributed by atoms with Gasteiger partial charge in [-0.05, 0) is 12.5 Å². The molecule has 1 aliphatic heterocycles. The molecule has 17 heavy (non-hydrogen) atoms. The van der Waals surface area contributed by atoms with Crippen LogP contribution in [-0.2, 0) is 14.8 Å². The fraction of sp³-hybridized carbons (Fsp3) is 0.444. The van der Waals surface area contributed by atoms with Gasteiger partial charge in [0, 0.05) is 24.2 Å². The average molecular weight is 275 g/mol. The SMILES string of the molecule is Nc1csc(S(=O)(=O)N2CCCNC(=O)C2)c1. The molecule has 6 nitrogen and oxygen atoms in total. The number of nitrogens with two attached hydrogens (primary N) is 1. The number of rotatable bonds is 2. The number of hydrogen-bond donors (Lipinski definition) is 2. The number of nitrogens with one attached hydrogen (secondary N) is 1. The number of nitrogens with zero attached hydrogens (tertiary/aromatic N) is 1. The summed E-state index contributed by atoms with van der Waals surface area (Å²) in [6.07, 6.45) is 0.617. The van der Waals surface area contributed by atoms with Crippen molar-refractivity contribution in [2.24, 2.45) is 0 Å². The minimum Gasteiger partial charge on any atom is -0.398 e. The largest absolute Gasteiger partial charge is 0.398 e. The fourth-order valence-electron chi connectivity index (χ4n) is 1.58. The molecular formula is C9H13N3O3S2. The Kier molecular flexibility index (Phi) is 3.36. The third-order valence-electron chi connectivity index (χ3n) is 2.42. The minimum atomic E-state index is -3.59. The highest BCUT2D eigenvalue weighted by Crippen LogP contribution is 2.25. The van der Waals surface area contributed by atoms with Crippen LogP contribution in [0.4, 0.5) is 5.69 Å². The fourth-order valence-corrected chi connectivity index (χ4v) is 4.24. The molecule has 0 spiro atoms. The molecule has 1 aliphatic rings. The summed E-state index contributed by atoms with van der Waals surface area (Å²) in [5, 5.41) is 4.21. The Balaban J connectivity index is 2.28. The molecule has 0 unspecified atom stereocenters. The predicted octanol–water partition coefficient (Wildman–Crippen LogP) is -0.159. The molecule has 3 N–H and O–H groups in total. The van der Waals surface area contributed by atoms with Gasteiger partial charge in [0.2, 0.25) is 5.91 Å². The van der Waals surface area contributed by atoms with E-state index in [2.05, 4.69) is 5.32 Å². The number of sulfonamides is 1. The van der Waals surface area contributed by atoms with Crippen molar-refractivity contribution >= 4 is 33.0 Å². The molecule has 1 fully saturated rings. The van der Waals surface area contributed by atoms with Gasteiger partial charge in [-0.15, -0.1) is 11.3 Å². The van der Waals surface area contributed by atoms with Crippen molar-refractivity contribution < 1.29 is 13.2 Å². The molecule has 0 atom stereocenters. The molecule has 0 aromatic carbocycles. The Hall–Kier alpha value is -1.12. The lowest BCUT2D eigenvalue weighted by molar-refractivity contribution is -0.120. The first-order valence-electron chi connectivity index (χ1n) is 5.11.